The summed E-state index contributed by atoms with van der Waals surface area (Å²) in [5.41, 5.74) is 0.850. The number of carbonyl (C=O) groups excluding carboxylic acids is 3. The lowest BCUT2D eigenvalue weighted by molar-refractivity contribution is -0.133. The molecule has 0 aromatic heterocycles. The number of rotatable bonds is 5. The van der Waals surface area contributed by atoms with Crippen molar-refractivity contribution in [3.63, 3.8) is 0 Å². The lowest BCUT2D eigenvalue weighted by Crippen LogP contribution is -2.42. The summed E-state index contributed by atoms with van der Waals surface area (Å²) in [6, 6.07) is 5.78. The first kappa shape index (κ1) is 17.3. The summed E-state index contributed by atoms with van der Waals surface area (Å²) in [5, 5.41) is 5.94. The standard InChI is InChI=1S/C16H20ClN3O3/c1-9(2)14-15(22)20(16(23)19-14)8-13(21)18-10(3)11-5-4-6-12(17)7-11/h4-7,9-10,14H,8H2,1-3H3,(H,18,21)(H,19,23). The Hall–Kier alpha value is -2.08. The number of amides is 4. The molecule has 2 atom stereocenters. The minimum Gasteiger partial charge on any atom is -0.348 e. The van der Waals surface area contributed by atoms with E-state index in [1.165, 1.54) is 0 Å². The Bertz CT molecular complexity index is 633. The molecule has 2 N–H and O–H groups in total. The van der Waals surface area contributed by atoms with E-state index in [0.717, 1.165) is 10.5 Å². The molecule has 6 nitrogen and oxygen atoms in total. The van der Waals surface area contributed by atoms with Crippen molar-refractivity contribution in [1.29, 1.82) is 0 Å². The molecule has 124 valence electrons. The summed E-state index contributed by atoms with van der Waals surface area (Å²) in [4.78, 5) is 37.0. The number of imide groups is 1. The second-order valence-corrected chi connectivity index (χ2v) is 6.38. The highest BCUT2D eigenvalue weighted by Crippen LogP contribution is 2.18. The average molecular weight is 338 g/mol. The Morgan fingerprint density at radius 1 is 1.35 bits per heavy atom. The molecule has 1 aliphatic rings. The van der Waals surface area contributed by atoms with Crippen LogP contribution in [-0.2, 0) is 9.59 Å². The molecule has 0 aliphatic carbocycles. The van der Waals surface area contributed by atoms with Crippen LogP contribution in [-0.4, -0.2) is 35.3 Å². The van der Waals surface area contributed by atoms with Crippen LogP contribution in [0.3, 0.4) is 0 Å². The molecule has 2 rings (SSSR count). The second kappa shape index (κ2) is 7.00. The van der Waals surface area contributed by atoms with Crippen molar-refractivity contribution < 1.29 is 14.4 Å². The largest absolute Gasteiger partial charge is 0.348 e. The first-order chi connectivity index (χ1) is 10.8. The number of hydrogen-bond donors (Lipinski definition) is 2. The molecule has 0 bridgehead atoms. The fourth-order valence-corrected chi connectivity index (χ4v) is 2.63. The number of hydrogen-bond acceptors (Lipinski definition) is 3. The van der Waals surface area contributed by atoms with Crippen molar-refractivity contribution in [2.75, 3.05) is 6.54 Å². The van der Waals surface area contributed by atoms with Crippen LogP contribution in [0.25, 0.3) is 0 Å². The molecule has 1 heterocycles. The van der Waals surface area contributed by atoms with Crippen LogP contribution in [0.4, 0.5) is 4.79 Å². The average Bonchev–Trinajstić information content (AvgIpc) is 2.75. The van der Waals surface area contributed by atoms with Crippen LogP contribution in [0.2, 0.25) is 5.02 Å². The zero-order chi connectivity index (χ0) is 17.1. The van der Waals surface area contributed by atoms with Gasteiger partial charge in [0.25, 0.3) is 5.91 Å². The maximum Gasteiger partial charge on any atom is 0.325 e. The van der Waals surface area contributed by atoms with Crippen LogP contribution in [0.5, 0.6) is 0 Å². The smallest absolute Gasteiger partial charge is 0.325 e. The van der Waals surface area contributed by atoms with E-state index >= 15 is 0 Å². The summed E-state index contributed by atoms with van der Waals surface area (Å²) in [7, 11) is 0. The van der Waals surface area contributed by atoms with Gasteiger partial charge < -0.3 is 10.6 Å². The maximum atomic E-state index is 12.1. The Morgan fingerprint density at radius 3 is 2.61 bits per heavy atom. The molecule has 2 unspecified atom stereocenters. The van der Waals surface area contributed by atoms with Crippen molar-refractivity contribution in [2.45, 2.75) is 32.9 Å². The van der Waals surface area contributed by atoms with Crippen molar-refractivity contribution in [3.8, 4) is 0 Å². The molecule has 4 amide bonds. The van der Waals surface area contributed by atoms with Crippen molar-refractivity contribution >= 4 is 29.4 Å². The highest BCUT2D eigenvalue weighted by Gasteiger charge is 2.40. The number of nitrogens with zero attached hydrogens (tertiary/aromatic N) is 1. The summed E-state index contributed by atoms with van der Waals surface area (Å²) in [6.07, 6.45) is 0. The molecule has 1 aromatic rings. The molecule has 0 radical (unpaired) electrons. The van der Waals surface area contributed by atoms with Crippen LogP contribution in [0.1, 0.15) is 32.4 Å². The number of carbonyl (C=O) groups is 3. The van der Waals surface area contributed by atoms with E-state index in [-0.39, 0.29) is 24.4 Å². The molecule has 1 fully saturated rings. The molecule has 1 saturated heterocycles. The van der Waals surface area contributed by atoms with Crippen LogP contribution < -0.4 is 10.6 Å². The van der Waals surface area contributed by atoms with E-state index in [1.54, 1.807) is 18.2 Å². The van der Waals surface area contributed by atoms with Crippen molar-refractivity contribution in [2.24, 2.45) is 5.92 Å². The fourth-order valence-electron chi connectivity index (χ4n) is 2.43. The molecule has 0 spiro atoms. The van der Waals surface area contributed by atoms with E-state index in [2.05, 4.69) is 10.6 Å². The maximum absolute atomic E-state index is 12.1. The number of nitrogens with one attached hydrogen (secondary N) is 2. The van der Waals surface area contributed by atoms with Gasteiger partial charge >= 0.3 is 6.03 Å². The van der Waals surface area contributed by atoms with E-state index in [9.17, 15) is 14.4 Å². The predicted molar refractivity (Wildman–Crippen MR) is 86.9 cm³/mol. The Labute approximate surface area is 140 Å². The molecular formula is C16H20ClN3O3. The van der Waals surface area contributed by atoms with Gasteiger partial charge in [-0.2, -0.15) is 0 Å². The van der Waals surface area contributed by atoms with Crippen LogP contribution in [0, 0.1) is 5.92 Å². The first-order valence-corrected chi connectivity index (χ1v) is 7.84. The van der Waals surface area contributed by atoms with Gasteiger partial charge in [0.15, 0.2) is 0 Å². The van der Waals surface area contributed by atoms with E-state index < -0.39 is 18.0 Å². The summed E-state index contributed by atoms with van der Waals surface area (Å²) >= 11 is 5.93. The first-order valence-electron chi connectivity index (χ1n) is 7.46. The summed E-state index contributed by atoms with van der Waals surface area (Å²) in [5.74, 6) is -0.786. The summed E-state index contributed by atoms with van der Waals surface area (Å²) < 4.78 is 0. The van der Waals surface area contributed by atoms with Gasteiger partial charge in [0, 0.05) is 5.02 Å². The van der Waals surface area contributed by atoms with Crippen LogP contribution >= 0.6 is 11.6 Å². The van der Waals surface area contributed by atoms with Crippen molar-refractivity contribution in [1.82, 2.24) is 15.5 Å². The normalized spacial score (nSPS) is 19.0. The third kappa shape index (κ3) is 4.01. The fraction of sp³-hybridized carbons (Fsp3) is 0.438. The summed E-state index contributed by atoms with van der Waals surface area (Å²) in [6.45, 7) is 5.20. The molecule has 0 saturated carbocycles. The minimum atomic E-state index is -0.569. The van der Waals surface area contributed by atoms with Gasteiger partial charge in [0.2, 0.25) is 5.91 Å². The number of halogens is 1. The van der Waals surface area contributed by atoms with Gasteiger partial charge in [-0.25, -0.2) is 4.79 Å². The Kier molecular flexibility index (Phi) is 5.26. The zero-order valence-electron chi connectivity index (χ0n) is 13.3. The minimum absolute atomic E-state index is 0.0232. The third-order valence-corrected chi connectivity index (χ3v) is 3.99. The number of urea groups is 1. The highest BCUT2D eigenvalue weighted by molar-refractivity contribution is 6.30. The third-order valence-electron chi connectivity index (χ3n) is 3.75. The Balaban J connectivity index is 1.97. The van der Waals surface area contributed by atoms with Gasteiger partial charge in [0.05, 0.1) is 6.04 Å². The van der Waals surface area contributed by atoms with E-state index in [4.69, 9.17) is 11.6 Å². The quantitative estimate of drug-likeness (QED) is 0.807. The predicted octanol–water partition coefficient (Wildman–Crippen LogP) is 2.09. The van der Waals surface area contributed by atoms with E-state index in [1.807, 2.05) is 26.8 Å². The lowest BCUT2D eigenvalue weighted by Gasteiger charge is -2.18. The topological polar surface area (TPSA) is 78.5 Å². The van der Waals surface area contributed by atoms with Crippen LogP contribution in [0.15, 0.2) is 24.3 Å². The van der Waals surface area contributed by atoms with Gasteiger partial charge in [0.1, 0.15) is 12.6 Å². The SMILES string of the molecule is CC(NC(=O)CN1C(=O)NC(C(C)C)C1=O)c1cccc(Cl)c1. The number of benzene rings is 1. The zero-order valence-corrected chi connectivity index (χ0v) is 14.1. The lowest BCUT2D eigenvalue weighted by atomic mass is 10.1. The molecule has 7 heteroatoms. The monoisotopic (exact) mass is 337 g/mol. The van der Waals surface area contributed by atoms with Gasteiger partial charge in [-0.15, -0.1) is 0 Å². The van der Waals surface area contributed by atoms with Gasteiger partial charge in [-0.3, -0.25) is 14.5 Å². The Morgan fingerprint density at radius 2 is 2.04 bits per heavy atom. The molecule has 23 heavy (non-hydrogen) atoms. The highest BCUT2D eigenvalue weighted by atomic mass is 35.5. The van der Waals surface area contributed by atoms with Gasteiger partial charge in [-0.05, 0) is 30.5 Å². The van der Waals surface area contributed by atoms with E-state index in [0.29, 0.717) is 5.02 Å². The van der Waals surface area contributed by atoms with Gasteiger partial charge in [-0.1, -0.05) is 37.6 Å². The molecular weight excluding hydrogens is 318 g/mol. The molecule has 1 aromatic carbocycles. The second-order valence-electron chi connectivity index (χ2n) is 5.94. The van der Waals surface area contributed by atoms with Crippen molar-refractivity contribution in [3.05, 3.63) is 34.9 Å². The molecule has 1 aliphatic heterocycles.